The lowest BCUT2D eigenvalue weighted by atomic mass is 10.0. The lowest BCUT2D eigenvalue weighted by Gasteiger charge is -2.24. The normalized spacial score (nSPS) is 24.4. The number of aliphatic hydroxyl groups is 1. The number of likely N-dealkylation sites (tertiary alicyclic amines) is 1. The van der Waals surface area contributed by atoms with Crippen molar-refractivity contribution in [3.05, 3.63) is 24.0 Å². The Kier molecular flexibility index (Phi) is 4.55. The van der Waals surface area contributed by atoms with Crippen LogP contribution in [0.15, 0.2) is 18.3 Å². The highest BCUT2D eigenvalue weighted by atomic mass is 16.5. The van der Waals surface area contributed by atoms with Crippen LogP contribution in [0, 0.1) is 5.92 Å². The van der Waals surface area contributed by atoms with Gasteiger partial charge in [-0.2, -0.15) is 0 Å². The second-order valence-electron chi connectivity index (χ2n) is 4.90. The first kappa shape index (κ1) is 13.3. The summed E-state index contributed by atoms with van der Waals surface area (Å²) in [5.74, 6) is 1.38. The van der Waals surface area contributed by atoms with Gasteiger partial charge in [0.25, 0.3) is 0 Å². The minimum Gasteiger partial charge on any atom is -0.492 e. The first-order chi connectivity index (χ1) is 8.74. The summed E-state index contributed by atoms with van der Waals surface area (Å²) < 4.78 is 5.37. The molecule has 1 N–H and O–H groups in total. The molecule has 100 valence electrons. The largest absolute Gasteiger partial charge is 0.492 e. The van der Waals surface area contributed by atoms with Crippen LogP contribution >= 0.6 is 0 Å². The van der Waals surface area contributed by atoms with Gasteiger partial charge in [-0.3, -0.25) is 9.88 Å². The fourth-order valence-corrected chi connectivity index (χ4v) is 2.54. The molecule has 18 heavy (non-hydrogen) atoms. The lowest BCUT2D eigenvalue weighted by Crippen LogP contribution is -2.34. The quantitative estimate of drug-likeness (QED) is 0.863. The van der Waals surface area contributed by atoms with E-state index in [1.807, 2.05) is 19.1 Å². The molecule has 4 nitrogen and oxygen atoms in total. The van der Waals surface area contributed by atoms with Gasteiger partial charge in [-0.15, -0.1) is 0 Å². The highest BCUT2D eigenvalue weighted by molar-refractivity contribution is 5.19. The number of aromatic nitrogens is 1. The molecule has 1 aliphatic rings. The Morgan fingerprint density at radius 1 is 1.50 bits per heavy atom. The fourth-order valence-electron chi connectivity index (χ4n) is 2.54. The Balaban J connectivity index is 1.96. The third-order valence-electron chi connectivity index (χ3n) is 3.66. The van der Waals surface area contributed by atoms with Crippen molar-refractivity contribution in [2.24, 2.45) is 5.92 Å². The first-order valence-corrected chi connectivity index (χ1v) is 6.67. The third kappa shape index (κ3) is 3.00. The molecule has 2 heterocycles. The molecule has 1 aromatic heterocycles. The van der Waals surface area contributed by atoms with Crippen molar-refractivity contribution in [3.8, 4) is 5.75 Å². The molecule has 0 unspecified atom stereocenters. The molecule has 0 radical (unpaired) electrons. The Morgan fingerprint density at radius 3 is 2.94 bits per heavy atom. The topological polar surface area (TPSA) is 45.6 Å². The molecule has 1 aliphatic heterocycles. The maximum absolute atomic E-state index is 9.42. The van der Waals surface area contributed by atoms with Crippen molar-refractivity contribution in [3.63, 3.8) is 0 Å². The number of nitrogens with zero attached hydrogens (tertiary/aromatic N) is 2. The Morgan fingerprint density at radius 2 is 2.33 bits per heavy atom. The van der Waals surface area contributed by atoms with E-state index in [1.54, 1.807) is 6.20 Å². The van der Waals surface area contributed by atoms with Gasteiger partial charge in [0.2, 0.25) is 0 Å². The predicted molar refractivity (Wildman–Crippen MR) is 70.5 cm³/mol. The molecule has 2 atom stereocenters. The molecular formula is C14H22N2O2. The van der Waals surface area contributed by atoms with Gasteiger partial charge in [-0.05, 0) is 37.9 Å². The number of aliphatic hydroxyl groups excluding tert-OH is 1. The maximum Gasteiger partial charge on any atom is 0.137 e. The van der Waals surface area contributed by atoms with Crippen LogP contribution in [0.4, 0.5) is 0 Å². The van der Waals surface area contributed by atoms with Crippen molar-refractivity contribution < 1.29 is 9.84 Å². The molecule has 4 heteroatoms. The Bertz CT molecular complexity index is 367. The molecule has 0 saturated carbocycles. The number of hydrogen-bond acceptors (Lipinski definition) is 4. The van der Waals surface area contributed by atoms with Crippen molar-refractivity contribution >= 4 is 0 Å². The van der Waals surface area contributed by atoms with Crippen LogP contribution in [0.5, 0.6) is 5.75 Å². The second kappa shape index (κ2) is 6.16. The highest BCUT2D eigenvalue weighted by Crippen LogP contribution is 2.25. The summed E-state index contributed by atoms with van der Waals surface area (Å²) in [6.45, 7) is 6.91. The Labute approximate surface area is 109 Å². The van der Waals surface area contributed by atoms with Crippen LogP contribution in [-0.4, -0.2) is 40.8 Å². The maximum atomic E-state index is 9.42. The molecule has 0 bridgehead atoms. The van der Waals surface area contributed by atoms with Gasteiger partial charge in [0, 0.05) is 12.6 Å². The SMILES string of the molecule is CCOc1ccc(CN2CC[C@H](C)[C@@H]2CO)nc1. The van der Waals surface area contributed by atoms with Crippen molar-refractivity contribution in [1.82, 2.24) is 9.88 Å². The molecule has 0 spiro atoms. The molecule has 0 amide bonds. The first-order valence-electron chi connectivity index (χ1n) is 6.67. The van der Waals surface area contributed by atoms with Gasteiger partial charge in [-0.1, -0.05) is 6.92 Å². The van der Waals surface area contributed by atoms with Gasteiger partial charge in [0.15, 0.2) is 0 Å². The highest BCUT2D eigenvalue weighted by Gasteiger charge is 2.30. The average Bonchev–Trinajstić information content (AvgIpc) is 2.72. The molecule has 0 aromatic carbocycles. The van der Waals surface area contributed by atoms with Crippen molar-refractivity contribution in [1.29, 1.82) is 0 Å². The summed E-state index contributed by atoms with van der Waals surface area (Å²) in [6.07, 6.45) is 2.93. The monoisotopic (exact) mass is 250 g/mol. The minimum atomic E-state index is 0.234. The summed E-state index contributed by atoms with van der Waals surface area (Å²) >= 11 is 0. The minimum absolute atomic E-state index is 0.234. The molecule has 1 saturated heterocycles. The average molecular weight is 250 g/mol. The third-order valence-corrected chi connectivity index (χ3v) is 3.66. The zero-order chi connectivity index (χ0) is 13.0. The molecule has 1 fully saturated rings. The van der Waals surface area contributed by atoms with Gasteiger partial charge < -0.3 is 9.84 Å². The second-order valence-corrected chi connectivity index (χ2v) is 4.90. The Hall–Kier alpha value is -1.13. The summed E-state index contributed by atoms with van der Waals surface area (Å²) in [7, 11) is 0. The van der Waals surface area contributed by atoms with E-state index < -0.39 is 0 Å². The molecular weight excluding hydrogens is 228 g/mol. The van der Waals surface area contributed by atoms with E-state index in [1.165, 1.54) is 0 Å². The van der Waals surface area contributed by atoms with Gasteiger partial charge in [-0.25, -0.2) is 0 Å². The van der Waals surface area contributed by atoms with Crippen molar-refractivity contribution in [2.45, 2.75) is 32.9 Å². The van der Waals surface area contributed by atoms with Crippen LogP contribution in [0.2, 0.25) is 0 Å². The van der Waals surface area contributed by atoms with E-state index in [0.717, 1.165) is 31.0 Å². The number of hydrogen-bond donors (Lipinski definition) is 1. The number of rotatable bonds is 5. The predicted octanol–water partition coefficient (Wildman–Crippen LogP) is 1.68. The van der Waals surface area contributed by atoms with Crippen LogP contribution < -0.4 is 4.74 Å². The number of pyridine rings is 1. The fraction of sp³-hybridized carbons (Fsp3) is 0.643. The van der Waals surface area contributed by atoms with Crippen LogP contribution in [0.25, 0.3) is 0 Å². The molecule has 1 aromatic rings. The van der Waals surface area contributed by atoms with E-state index >= 15 is 0 Å². The van der Waals surface area contributed by atoms with E-state index in [4.69, 9.17) is 4.74 Å². The summed E-state index contributed by atoms with van der Waals surface area (Å²) in [5, 5.41) is 9.42. The standard InChI is InChI=1S/C14H22N2O2/c1-3-18-13-5-4-12(15-8-13)9-16-7-6-11(2)14(16)10-17/h4-5,8,11,14,17H,3,6-7,9-10H2,1-2H3/t11-,14-/m0/s1. The smallest absolute Gasteiger partial charge is 0.137 e. The van der Waals surface area contributed by atoms with Crippen LogP contribution in [-0.2, 0) is 6.54 Å². The molecule has 2 rings (SSSR count). The van der Waals surface area contributed by atoms with Crippen LogP contribution in [0.3, 0.4) is 0 Å². The summed E-state index contributed by atoms with van der Waals surface area (Å²) in [4.78, 5) is 6.72. The van der Waals surface area contributed by atoms with Gasteiger partial charge in [0.05, 0.1) is 25.1 Å². The van der Waals surface area contributed by atoms with Gasteiger partial charge >= 0.3 is 0 Å². The number of ether oxygens (including phenoxy) is 1. The van der Waals surface area contributed by atoms with E-state index in [-0.39, 0.29) is 12.6 Å². The molecule has 0 aliphatic carbocycles. The summed E-state index contributed by atoms with van der Waals surface area (Å²) in [5.41, 5.74) is 1.03. The zero-order valence-electron chi connectivity index (χ0n) is 11.2. The van der Waals surface area contributed by atoms with E-state index in [0.29, 0.717) is 12.5 Å². The van der Waals surface area contributed by atoms with Crippen LogP contribution in [0.1, 0.15) is 26.0 Å². The van der Waals surface area contributed by atoms with Crippen molar-refractivity contribution in [2.75, 3.05) is 19.8 Å². The zero-order valence-corrected chi connectivity index (χ0v) is 11.2. The van der Waals surface area contributed by atoms with Gasteiger partial charge in [0.1, 0.15) is 5.75 Å². The lowest BCUT2D eigenvalue weighted by molar-refractivity contribution is 0.133. The van der Waals surface area contributed by atoms with E-state index in [2.05, 4.69) is 16.8 Å². The van der Waals surface area contributed by atoms with E-state index in [9.17, 15) is 5.11 Å². The summed E-state index contributed by atoms with van der Waals surface area (Å²) in [6, 6.07) is 4.24.